The molecule has 16 heavy (non-hydrogen) atoms. The number of aryl methyl sites for hydroxylation is 1. The topological polar surface area (TPSA) is 64.0 Å². The highest BCUT2D eigenvalue weighted by molar-refractivity contribution is 7.91. The van der Waals surface area contributed by atoms with Crippen LogP contribution >= 0.6 is 0 Å². The summed E-state index contributed by atoms with van der Waals surface area (Å²) < 4.78 is 24.3. The standard InChI is InChI=1S/C10H19N3O2S/c1-4-16(14,15)6-5-11-7-10-8-12-13(3)9(10)2/h8,11H,4-7H2,1-3H3. The van der Waals surface area contributed by atoms with Crippen molar-refractivity contribution in [3.63, 3.8) is 0 Å². The van der Waals surface area contributed by atoms with E-state index in [1.165, 1.54) is 0 Å². The van der Waals surface area contributed by atoms with E-state index < -0.39 is 9.84 Å². The van der Waals surface area contributed by atoms with E-state index in [4.69, 9.17) is 0 Å². The van der Waals surface area contributed by atoms with Gasteiger partial charge in [-0.2, -0.15) is 5.10 Å². The summed E-state index contributed by atoms with van der Waals surface area (Å²) in [6.07, 6.45) is 1.80. The zero-order valence-electron chi connectivity index (χ0n) is 10.0. The Balaban J connectivity index is 2.34. The first kappa shape index (κ1) is 13.2. The molecule has 1 aromatic rings. The van der Waals surface area contributed by atoms with Gasteiger partial charge >= 0.3 is 0 Å². The van der Waals surface area contributed by atoms with Gasteiger partial charge in [0, 0.05) is 37.1 Å². The summed E-state index contributed by atoms with van der Waals surface area (Å²) >= 11 is 0. The average molecular weight is 245 g/mol. The Labute approximate surface area is 96.8 Å². The van der Waals surface area contributed by atoms with Gasteiger partial charge in [-0.3, -0.25) is 4.68 Å². The number of sulfone groups is 1. The molecule has 1 heterocycles. The molecule has 0 aliphatic carbocycles. The fraction of sp³-hybridized carbons (Fsp3) is 0.700. The summed E-state index contributed by atoms with van der Waals surface area (Å²) in [6.45, 7) is 4.82. The van der Waals surface area contributed by atoms with Gasteiger partial charge in [0.05, 0.1) is 11.9 Å². The van der Waals surface area contributed by atoms with Crippen LogP contribution in [0.1, 0.15) is 18.2 Å². The largest absolute Gasteiger partial charge is 0.312 e. The zero-order valence-corrected chi connectivity index (χ0v) is 10.8. The maximum Gasteiger partial charge on any atom is 0.151 e. The molecule has 0 bridgehead atoms. The van der Waals surface area contributed by atoms with Crippen LogP contribution < -0.4 is 5.32 Å². The van der Waals surface area contributed by atoms with Gasteiger partial charge in [-0.05, 0) is 6.92 Å². The second-order valence-corrected chi connectivity index (χ2v) is 6.26. The molecule has 6 heteroatoms. The summed E-state index contributed by atoms with van der Waals surface area (Å²) in [4.78, 5) is 0. The van der Waals surface area contributed by atoms with Crippen LogP contribution in [-0.4, -0.2) is 36.2 Å². The van der Waals surface area contributed by atoms with Gasteiger partial charge in [0.1, 0.15) is 0 Å². The first-order valence-electron chi connectivity index (χ1n) is 5.35. The number of rotatable bonds is 6. The van der Waals surface area contributed by atoms with Gasteiger partial charge in [0.25, 0.3) is 0 Å². The van der Waals surface area contributed by atoms with E-state index in [-0.39, 0.29) is 11.5 Å². The second kappa shape index (κ2) is 5.45. The van der Waals surface area contributed by atoms with Crippen LogP contribution in [0.15, 0.2) is 6.20 Å². The summed E-state index contributed by atoms with van der Waals surface area (Å²) in [5.41, 5.74) is 2.21. The van der Waals surface area contributed by atoms with Gasteiger partial charge < -0.3 is 5.32 Å². The van der Waals surface area contributed by atoms with E-state index in [2.05, 4.69) is 10.4 Å². The van der Waals surface area contributed by atoms with Gasteiger partial charge in [-0.15, -0.1) is 0 Å². The normalized spacial score (nSPS) is 11.9. The molecule has 1 rings (SSSR count). The fourth-order valence-corrected chi connectivity index (χ4v) is 2.06. The molecule has 0 aliphatic rings. The number of nitrogens with zero attached hydrogens (tertiary/aromatic N) is 2. The third-order valence-corrected chi connectivity index (χ3v) is 4.39. The molecule has 0 spiro atoms. The lowest BCUT2D eigenvalue weighted by Crippen LogP contribution is -2.23. The van der Waals surface area contributed by atoms with Crippen molar-refractivity contribution in [1.29, 1.82) is 0 Å². The molecule has 0 fully saturated rings. The van der Waals surface area contributed by atoms with Gasteiger partial charge in [-0.25, -0.2) is 8.42 Å². The van der Waals surface area contributed by atoms with E-state index in [1.54, 1.807) is 17.8 Å². The van der Waals surface area contributed by atoms with Crippen LogP contribution in [0.2, 0.25) is 0 Å². The van der Waals surface area contributed by atoms with Crippen molar-refractivity contribution in [2.24, 2.45) is 7.05 Å². The summed E-state index contributed by atoms with van der Waals surface area (Å²) in [5.74, 6) is 0.406. The first-order chi connectivity index (χ1) is 7.46. The highest BCUT2D eigenvalue weighted by atomic mass is 32.2. The van der Waals surface area contributed by atoms with Crippen molar-refractivity contribution in [2.45, 2.75) is 20.4 Å². The maximum atomic E-state index is 11.2. The minimum Gasteiger partial charge on any atom is -0.312 e. The van der Waals surface area contributed by atoms with Crippen molar-refractivity contribution in [3.05, 3.63) is 17.5 Å². The predicted molar refractivity (Wildman–Crippen MR) is 64.0 cm³/mol. The number of hydrogen-bond acceptors (Lipinski definition) is 4. The molecule has 0 atom stereocenters. The molecule has 0 amide bonds. The van der Waals surface area contributed by atoms with Crippen molar-refractivity contribution in [2.75, 3.05) is 18.1 Å². The quantitative estimate of drug-likeness (QED) is 0.730. The molecule has 0 radical (unpaired) electrons. The predicted octanol–water partition coefficient (Wildman–Crippen LogP) is 0.253. The third-order valence-electron chi connectivity index (χ3n) is 2.68. The van der Waals surface area contributed by atoms with Gasteiger partial charge in [0.15, 0.2) is 9.84 Å². The smallest absolute Gasteiger partial charge is 0.151 e. The van der Waals surface area contributed by atoms with E-state index in [1.807, 2.05) is 14.0 Å². The molecule has 1 N–H and O–H groups in total. The number of hydrogen-bond donors (Lipinski definition) is 1. The first-order valence-corrected chi connectivity index (χ1v) is 7.17. The van der Waals surface area contributed by atoms with Crippen molar-refractivity contribution in [1.82, 2.24) is 15.1 Å². The van der Waals surface area contributed by atoms with E-state index in [0.29, 0.717) is 13.1 Å². The molecule has 0 saturated carbocycles. The lowest BCUT2D eigenvalue weighted by Gasteiger charge is -2.04. The Morgan fingerprint density at radius 2 is 2.19 bits per heavy atom. The van der Waals surface area contributed by atoms with E-state index in [0.717, 1.165) is 11.3 Å². The average Bonchev–Trinajstić information content (AvgIpc) is 2.56. The summed E-state index contributed by atoms with van der Waals surface area (Å²) in [7, 11) is -0.973. The van der Waals surface area contributed by atoms with Crippen LogP contribution in [0, 0.1) is 6.92 Å². The number of aromatic nitrogens is 2. The van der Waals surface area contributed by atoms with Crippen LogP contribution in [0.3, 0.4) is 0 Å². The summed E-state index contributed by atoms with van der Waals surface area (Å²) in [5, 5.41) is 7.23. The molecule has 0 aromatic carbocycles. The molecule has 0 unspecified atom stereocenters. The Bertz CT molecular complexity index is 437. The van der Waals surface area contributed by atoms with E-state index >= 15 is 0 Å². The highest BCUT2D eigenvalue weighted by Crippen LogP contribution is 2.04. The van der Waals surface area contributed by atoms with Crippen LogP contribution in [0.4, 0.5) is 0 Å². The van der Waals surface area contributed by atoms with Gasteiger partial charge in [0.2, 0.25) is 0 Å². The minimum atomic E-state index is -2.86. The fourth-order valence-electron chi connectivity index (χ4n) is 1.31. The van der Waals surface area contributed by atoms with E-state index in [9.17, 15) is 8.42 Å². The van der Waals surface area contributed by atoms with Crippen molar-refractivity contribution < 1.29 is 8.42 Å². The van der Waals surface area contributed by atoms with Crippen LogP contribution in [0.25, 0.3) is 0 Å². The Hall–Kier alpha value is -0.880. The molecule has 1 aromatic heterocycles. The monoisotopic (exact) mass is 245 g/mol. The lowest BCUT2D eigenvalue weighted by molar-refractivity contribution is 0.591. The Morgan fingerprint density at radius 1 is 1.50 bits per heavy atom. The SMILES string of the molecule is CCS(=O)(=O)CCNCc1cnn(C)c1C. The molecule has 5 nitrogen and oxygen atoms in total. The second-order valence-electron chi connectivity index (χ2n) is 3.79. The van der Waals surface area contributed by atoms with Crippen molar-refractivity contribution in [3.8, 4) is 0 Å². The third kappa shape index (κ3) is 3.61. The molecular weight excluding hydrogens is 226 g/mol. The zero-order chi connectivity index (χ0) is 12.2. The van der Waals surface area contributed by atoms with Crippen molar-refractivity contribution >= 4 is 9.84 Å². The highest BCUT2D eigenvalue weighted by Gasteiger charge is 2.07. The molecule has 0 saturated heterocycles. The Morgan fingerprint density at radius 3 is 2.69 bits per heavy atom. The Kier molecular flexibility index (Phi) is 4.49. The van der Waals surface area contributed by atoms with Gasteiger partial charge in [-0.1, -0.05) is 6.92 Å². The van der Waals surface area contributed by atoms with Crippen LogP contribution in [-0.2, 0) is 23.4 Å². The molecular formula is C10H19N3O2S. The summed E-state index contributed by atoms with van der Waals surface area (Å²) in [6, 6.07) is 0. The number of nitrogens with one attached hydrogen (secondary N) is 1. The molecule has 0 aliphatic heterocycles. The minimum absolute atomic E-state index is 0.197. The van der Waals surface area contributed by atoms with Crippen LogP contribution in [0.5, 0.6) is 0 Å². The lowest BCUT2D eigenvalue weighted by atomic mass is 10.2. The molecule has 92 valence electrons. The maximum absolute atomic E-state index is 11.2.